The van der Waals surface area contributed by atoms with Crippen LogP contribution in [-0.2, 0) is 11.3 Å². The molecule has 3 aliphatic heterocycles. The molecule has 5 rings (SSSR count). The second-order valence-corrected chi connectivity index (χ2v) is 7.86. The molecule has 4 heterocycles. The lowest BCUT2D eigenvalue weighted by atomic mass is 9.90. The van der Waals surface area contributed by atoms with Gasteiger partial charge in [0.05, 0.1) is 25.7 Å². The summed E-state index contributed by atoms with van der Waals surface area (Å²) < 4.78 is 5.80. The molecule has 7 heteroatoms. The summed E-state index contributed by atoms with van der Waals surface area (Å²) in [5.74, 6) is 0.0236. The Morgan fingerprint density at radius 1 is 1.18 bits per heavy atom. The predicted octanol–water partition coefficient (Wildman–Crippen LogP) is 2.07. The number of likely N-dealkylation sites (tertiary alicyclic amines) is 1. The number of urea groups is 1. The average molecular weight is 378 g/mol. The Bertz CT molecular complexity index is 929. The van der Waals surface area contributed by atoms with E-state index in [9.17, 15) is 9.59 Å². The number of nitrogens with two attached hydrogens (primary N) is 1. The van der Waals surface area contributed by atoms with Crippen LogP contribution in [0.5, 0.6) is 0 Å². The number of amides is 3. The van der Waals surface area contributed by atoms with Gasteiger partial charge in [-0.3, -0.25) is 9.78 Å². The van der Waals surface area contributed by atoms with Crippen LogP contribution in [0.4, 0.5) is 4.79 Å². The van der Waals surface area contributed by atoms with E-state index in [0.717, 1.165) is 36.1 Å². The zero-order valence-corrected chi connectivity index (χ0v) is 15.5. The van der Waals surface area contributed by atoms with Crippen LogP contribution in [0.25, 0.3) is 0 Å². The first-order valence-corrected chi connectivity index (χ1v) is 9.58. The standard InChI is InChI=1S/C21H22N4O3/c22-20(27)25-11-16-10-23-8-6-17(16)18(25)14-2-4-15(5-3-14)19(26)24-12-21(13-24)7-1-9-28-21/h2-6,8,10,18H,1,7,9,11-13H2,(H2,22,27). The van der Waals surface area contributed by atoms with Crippen LogP contribution in [0.1, 0.15) is 45.9 Å². The third-order valence-electron chi connectivity index (χ3n) is 6.07. The number of pyridine rings is 1. The van der Waals surface area contributed by atoms with Crippen molar-refractivity contribution in [3.8, 4) is 0 Å². The summed E-state index contributed by atoms with van der Waals surface area (Å²) in [5.41, 5.74) is 9.10. The Morgan fingerprint density at radius 2 is 1.96 bits per heavy atom. The van der Waals surface area contributed by atoms with Gasteiger partial charge in [-0.1, -0.05) is 12.1 Å². The van der Waals surface area contributed by atoms with E-state index in [-0.39, 0.29) is 17.6 Å². The number of carbonyl (C=O) groups excluding carboxylic acids is 2. The molecule has 1 unspecified atom stereocenters. The quantitative estimate of drug-likeness (QED) is 0.866. The molecule has 2 fully saturated rings. The highest BCUT2D eigenvalue weighted by Crippen LogP contribution is 2.38. The maximum Gasteiger partial charge on any atom is 0.315 e. The zero-order valence-electron chi connectivity index (χ0n) is 15.5. The monoisotopic (exact) mass is 378 g/mol. The maximum atomic E-state index is 12.7. The molecule has 1 spiro atoms. The molecule has 2 aromatic rings. The van der Waals surface area contributed by atoms with E-state index in [0.29, 0.717) is 25.2 Å². The van der Waals surface area contributed by atoms with Crippen molar-refractivity contribution < 1.29 is 14.3 Å². The van der Waals surface area contributed by atoms with E-state index in [4.69, 9.17) is 10.5 Å². The highest BCUT2D eigenvalue weighted by Gasteiger charge is 2.48. The summed E-state index contributed by atoms with van der Waals surface area (Å²) in [5, 5.41) is 0. The largest absolute Gasteiger partial charge is 0.371 e. The fraction of sp³-hybridized carbons (Fsp3) is 0.381. The smallest absolute Gasteiger partial charge is 0.315 e. The first-order valence-electron chi connectivity index (χ1n) is 9.58. The maximum absolute atomic E-state index is 12.7. The first-order chi connectivity index (χ1) is 13.6. The fourth-order valence-corrected chi connectivity index (χ4v) is 4.63. The van der Waals surface area contributed by atoms with E-state index in [2.05, 4.69) is 4.98 Å². The molecule has 0 radical (unpaired) electrons. The summed E-state index contributed by atoms with van der Waals surface area (Å²) in [6.45, 7) is 2.59. The molecular weight excluding hydrogens is 356 g/mol. The Morgan fingerprint density at radius 3 is 2.64 bits per heavy atom. The van der Waals surface area contributed by atoms with Gasteiger partial charge in [-0.15, -0.1) is 0 Å². The van der Waals surface area contributed by atoms with Crippen LogP contribution in [0.3, 0.4) is 0 Å². The van der Waals surface area contributed by atoms with E-state index in [1.165, 1.54) is 0 Å². The number of benzene rings is 1. The average Bonchev–Trinajstić information content (AvgIpc) is 3.31. The number of hydrogen-bond donors (Lipinski definition) is 1. The topological polar surface area (TPSA) is 88.8 Å². The van der Waals surface area contributed by atoms with Gasteiger partial charge in [0.2, 0.25) is 0 Å². The number of fused-ring (bicyclic) bond motifs is 1. The minimum absolute atomic E-state index is 0.0236. The molecule has 2 saturated heterocycles. The lowest BCUT2D eigenvalue weighted by Crippen LogP contribution is -2.63. The van der Waals surface area contributed by atoms with Crippen molar-refractivity contribution in [1.29, 1.82) is 0 Å². The molecule has 7 nitrogen and oxygen atoms in total. The van der Waals surface area contributed by atoms with Gasteiger partial charge in [0, 0.05) is 24.6 Å². The van der Waals surface area contributed by atoms with Crippen molar-refractivity contribution in [2.75, 3.05) is 19.7 Å². The van der Waals surface area contributed by atoms with Crippen LogP contribution in [-0.4, -0.2) is 52.0 Å². The van der Waals surface area contributed by atoms with Crippen molar-refractivity contribution in [1.82, 2.24) is 14.8 Å². The van der Waals surface area contributed by atoms with Crippen molar-refractivity contribution >= 4 is 11.9 Å². The number of nitrogens with zero attached hydrogens (tertiary/aromatic N) is 3. The van der Waals surface area contributed by atoms with Gasteiger partial charge in [0.1, 0.15) is 5.60 Å². The lowest BCUT2D eigenvalue weighted by Gasteiger charge is -2.47. The van der Waals surface area contributed by atoms with Crippen LogP contribution >= 0.6 is 0 Å². The van der Waals surface area contributed by atoms with E-state index >= 15 is 0 Å². The molecule has 1 aromatic carbocycles. The predicted molar refractivity (Wildman–Crippen MR) is 101 cm³/mol. The van der Waals surface area contributed by atoms with Gasteiger partial charge in [0.25, 0.3) is 5.91 Å². The van der Waals surface area contributed by atoms with E-state index < -0.39 is 6.03 Å². The van der Waals surface area contributed by atoms with Crippen LogP contribution in [0, 0.1) is 0 Å². The number of primary amides is 1. The lowest BCUT2D eigenvalue weighted by molar-refractivity contribution is -0.0949. The Hall–Kier alpha value is -2.93. The molecule has 0 saturated carbocycles. The number of rotatable bonds is 2. The summed E-state index contributed by atoms with van der Waals surface area (Å²) in [6, 6.07) is 8.68. The minimum Gasteiger partial charge on any atom is -0.371 e. The summed E-state index contributed by atoms with van der Waals surface area (Å²) in [4.78, 5) is 32.3. The second-order valence-electron chi connectivity index (χ2n) is 7.86. The van der Waals surface area contributed by atoms with E-state index in [1.54, 1.807) is 17.3 Å². The molecule has 144 valence electrons. The molecule has 1 aromatic heterocycles. The minimum atomic E-state index is -0.469. The van der Waals surface area contributed by atoms with Gasteiger partial charge in [0.15, 0.2) is 0 Å². The van der Waals surface area contributed by atoms with Gasteiger partial charge in [-0.05, 0) is 47.7 Å². The summed E-state index contributed by atoms with van der Waals surface area (Å²) >= 11 is 0. The normalized spacial score (nSPS) is 22.2. The van der Waals surface area contributed by atoms with Crippen LogP contribution < -0.4 is 5.73 Å². The molecule has 3 aliphatic rings. The molecule has 2 N–H and O–H groups in total. The van der Waals surface area contributed by atoms with Crippen molar-refractivity contribution in [3.05, 3.63) is 65.0 Å². The Kier molecular flexibility index (Phi) is 3.87. The number of hydrogen-bond acceptors (Lipinski definition) is 4. The van der Waals surface area contributed by atoms with Crippen LogP contribution in [0.2, 0.25) is 0 Å². The second kappa shape index (κ2) is 6.31. The molecule has 1 atom stereocenters. The van der Waals surface area contributed by atoms with Crippen molar-refractivity contribution in [3.63, 3.8) is 0 Å². The molecule has 28 heavy (non-hydrogen) atoms. The number of aromatic nitrogens is 1. The Balaban J connectivity index is 1.36. The molecule has 3 amide bonds. The third kappa shape index (κ3) is 2.65. The molecule has 0 aliphatic carbocycles. The zero-order chi connectivity index (χ0) is 19.3. The Labute approximate surface area is 163 Å². The molecule has 0 bridgehead atoms. The first kappa shape index (κ1) is 17.2. The third-order valence-corrected chi connectivity index (χ3v) is 6.07. The SMILES string of the molecule is NC(=O)N1Cc2cnccc2C1c1ccc(C(=O)N2CC3(CCCO3)C2)cc1. The van der Waals surface area contributed by atoms with Crippen molar-refractivity contribution in [2.45, 2.75) is 31.0 Å². The number of carbonyl (C=O) groups is 2. The highest BCUT2D eigenvalue weighted by molar-refractivity contribution is 5.95. The fourth-order valence-electron chi connectivity index (χ4n) is 4.63. The highest BCUT2D eigenvalue weighted by atomic mass is 16.5. The molecular formula is C21H22N4O3. The summed E-state index contributed by atoms with van der Waals surface area (Å²) in [7, 11) is 0. The summed E-state index contributed by atoms with van der Waals surface area (Å²) in [6.07, 6.45) is 5.60. The van der Waals surface area contributed by atoms with Gasteiger partial charge in [-0.2, -0.15) is 0 Å². The van der Waals surface area contributed by atoms with Gasteiger partial charge >= 0.3 is 6.03 Å². The van der Waals surface area contributed by atoms with Crippen LogP contribution in [0.15, 0.2) is 42.7 Å². The number of ether oxygens (including phenoxy) is 1. The van der Waals surface area contributed by atoms with Gasteiger partial charge in [-0.25, -0.2) is 4.79 Å². The van der Waals surface area contributed by atoms with Crippen molar-refractivity contribution in [2.24, 2.45) is 5.73 Å². The van der Waals surface area contributed by atoms with E-state index in [1.807, 2.05) is 35.2 Å². The van der Waals surface area contributed by atoms with Gasteiger partial charge < -0.3 is 20.3 Å².